The topological polar surface area (TPSA) is 76.3 Å². The van der Waals surface area contributed by atoms with Gasteiger partial charge in [-0.3, -0.25) is 14.2 Å². The maximum atomic E-state index is 14.3. The summed E-state index contributed by atoms with van der Waals surface area (Å²) in [5, 5.41) is 12.3. The van der Waals surface area contributed by atoms with Crippen molar-refractivity contribution in [2.75, 3.05) is 11.9 Å². The van der Waals surface area contributed by atoms with Crippen molar-refractivity contribution in [2.45, 2.75) is 33.6 Å². The third kappa shape index (κ3) is 4.56. The summed E-state index contributed by atoms with van der Waals surface area (Å²) >= 11 is 0. The summed E-state index contributed by atoms with van der Waals surface area (Å²) in [5.74, 6) is -0.461. The van der Waals surface area contributed by atoms with Gasteiger partial charge in [0, 0.05) is 38.5 Å². The zero-order chi connectivity index (χ0) is 21.7. The van der Waals surface area contributed by atoms with Crippen LogP contribution >= 0.6 is 0 Å². The highest BCUT2D eigenvalue weighted by atomic mass is 19.1. The Morgan fingerprint density at radius 3 is 2.41 bits per heavy atom. The van der Waals surface area contributed by atoms with Crippen LogP contribution in [0.5, 0.6) is 0 Å². The van der Waals surface area contributed by atoms with Crippen molar-refractivity contribution in [1.82, 2.24) is 9.13 Å². The fourth-order valence-electron chi connectivity index (χ4n) is 3.25. The van der Waals surface area contributed by atoms with E-state index in [1.165, 1.54) is 16.7 Å². The van der Waals surface area contributed by atoms with Gasteiger partial charge in [0.2, 0.25) is 0 Å². The summed E-state index contributed by atoms with van der Waals surface area (Å²) in [6.45, 7) is 5.76. The predicted molar refractivity (Wildman–Crippen MR) is 116 cm³/mol. The van der Waals surface area contributed by atoms with Gasteiger partial charge in [0.15, 0.2) is 5.43 Å². The number of rotatable bonds is 5. The van der Waals surface area contributed by atoms with Crippen LogP contribution in [-0.4, -0.2) is 20.8 Å². The van der Waals surface area contributed by atoms with E-state index in [4.69, 9.17) is 5.11 Å². The molecule has 0 amide bonds. The van der Waals surface area contributed by atoms with Crippen molar-refractivity contribution in [3.05, 3.63) is 68.0 Å². The van der Waals surface area contributed by atoms with E-state index in [9.17, 15) is 14.0 Å². The molecule has 0 aliphatic rings. The number of fused-ring (bicyclic) bond motifs is 1. The summed E-state index contributed by atoms with van der Waals surface area (Å²) in [7, 11) is 3.34. The fourth-order valence-corrected chi connectivity index (χ4v) is 3.25. The number of hydrogen-bond donors (Lipinski definition) is 2. The monoisotopic (exact) mass is 401 g/mol. The van der Waals surface area contributed by atoms with E-state index < -0.39 is 5.82 Å². The highest BCUT2D eigenvalue weighted by molar-refractivity contribution is 5.91. The van der Waals surface area contributed by atoms with Gasteiger partial charge in [-0.05, 0) is 37.5 Å². The second-order valence-corrected chi connectivity index (χ2v) is 6.68. The van der Waals surface area contributed by atoms with E-state index >= 15 is 0 Å². The van der Waals surface area contributed by atoms with Crippen molar-refractivity contribution in [2.24, 2.45) is 14.1 Å². The summed E-state index contributed by atoms with van der Waals surface area (Å²) in [5.41, 5.74) is 1.66. The average Bonchev–Trinajstić information content (AvgIpc) is 2.69. The molecule has 7 heteroatoms. The molecule has 0 fully saturated rings. The minimum Gasteiger partial charge on any atom is -0.396 e. The Morgan fingerprint density at radius 1 is 1.10 bits per heavy atom. The van der Waals surface area contributed by atoms with Gasteiger partial charge in [-0.25, -0.2) is 4.39 Å². The lowest BCUT2D eigenvalue weighted by Gasteiger charge is -2.16. The molecule has 0 unspecified atom stereocenters. The van der Waals surface area contributed by atoms with Crippen molar-refractivity contribution >= 4 is 22.4 Å². The van der Waals surface area contributed by atoms with Gasteiger partial charge in [-0.2, -0.15) is 0 Å². The average molecular weight is 401 g/mol. The second-order valence-electron chi connectivity index (χ2n) is 6.68. The lowest BCUT2D eigenvalue weighted by atomic mass is 10.1. The largest absolute Gasteiger partial charge is 0.396 e. The van der Waals surface area contributed by atoms with Crippen LogP contribution in [0.3, 0.4) is 0 Å². The summed E-state index contributed by atoms with van der Waals surface area (Å²) in [6.07, 6.45) is 2.55. The number of halogens is 1. The van der Waals surface area contributed by atoms with Crippen LogP contribution in [0.15, 0.2) is 40.1 Å². The molecule has 3 rings (SSSR count). The van der Waals surface area contributed by atoms with Gasteiger partial charge in [0.05, 0.1) is 16.8 Å². The molecule has 156 valence electrons. The maximum Gasteiger partial charge on any atom is 0.253 e. The van der Waals surface area contributed by atoms with Crippen LogP contribution in [0.4, 0.5) is 15.8 Å². The lowest BCUT2D eigenvalue weighted by molar-refractivity contribution is 0.288. The number of hydrogen-bond acceptors (Lipinski definition) is 4. The quantitative estimate of drug-likeness (QED) is 0.687. The van der Waals surface area contributed by atoms with E-state index in [1.54, 1.807) is 43.9 Å². The Hall–Kier alpha value is -2.93. The van der Waals surface area contributed by atoms with Crippen LogP contribution in [-0.2, 0) is 20.5 Å². The zero-order valence-corrected chi connectivity index (χ0v) is 17.5. The van der Waals surface area contributed by atoms with E-state index in [1.807, 2.05) is 13.8 Å². The number of nitrogens with one attached hydrogen (secondary N) is 1. The Kier molecular flexibility index (Phi) is 7.34. The van der Waals surface area contributed by atoms with Gasteiger partial charge in [0.1, 0.15) is 11.5 Å². The number of aliphatic hydroxyl groups is 1. The lowest BCUT2D eigenvalue weighted by Crippen LogP contribution is -2.25. The molecular weight excluding hydrogens is 373 g/mol. The van der Waals surface area contributed by atoms with Crippen molar-refractivity contribution in [1.29, 1.82) is 0 Å². The first kappa shape index (κ1) is 22.4. The van der Waals surface area contributed by atoms with E-state index in [0.717, 1.165) is 5.56 Å². The number of aryl methyl sites for hydroxylation is 4. The molecule has 2 aromatic heterocycles. The van der Waals surface area contributed by atoms with Gasteiger partial charge in [0.25, 0.3) is 5.56 Å². The number of nitrogens with zero attached hydrogens (tertiary/aromatic N) is 2. The first-order valence-electron chi connectivity index (χ1n) is 9.69. The van der Waals surface area contributed by atoms with Crippen LogP contribution < -0.4 is 16.3 Å². The highest BCUT2D eigenvalue weighted by Gasteiger charge is 2.16. The molecule has 2 heterocycles. The molecule has 0 atom stereocenters. The molecular formula is C22H28FN3O3. The number of aromatic nitrogens is 2. The molecule has 3 aromatic rings. The molecule has 29 heavy (non-hydrogen) atoms. The number of anilines is 2. The summed E-state index contributed by atoms with van der Waals surface area (Å²) in [4.78, 5) is 25.4. The standard InChI is InChI=1S/C20H22FN3O3.C2H6/c1-12-6-7-15(14(21)9-12)22-16-10-17(26)24(3)20-18(16)19(27)13(5-4-8-25)11-23(20)2;1-2/h6-7,9-11,22,25H,4-5,8H2,1-3H3;1-2H3. The van der Waals surface area contributed by atoms with Gasteiger partial charge in [-0.1, -0.05) is 19.9 Å². The van der Waals surface area contributed by atoms with Gasteiger partial charge < -0.3 is 15.0 Å². The Morgan fingerprint density at radius 2 is 1.79 bits per heavy atom. The van der Waals surface area contributed by atoms with Crippen molar-refractivity contribution in [3.8, 4) is 0 Å². The summed E-state index contributed by atoms with van der Waals surface area (Å²) in [6, 6.07) is 6.02. The van der Waals surface area contributed by atoms with Crippen LogP contribution in [0, 0.1) is 12.7 Å². The van der Waals surface area contributed by atoms with E-state index in [0.29, 0.717) is 29.4 Å². The minimum absolute atomic E-state index is 0.0197. The van der Waals surface area contributed by atoms with Crippen LogP contribution in [0.2, 0.25) is 0 Å². The van der Waals surface area contributed by atoms with E-state index in [-0.39, 0.29) is 29.0 Å². The molecule has 2 N–H and O–H groups in total. The molecule has 0 saturated carbocycles. The first-order chi connectivity index (χ1) is 13.8. The molecule has 0 bridgehead atoms. The molecule has 6 nitrogen and oxygen atoms in total. The van der Waals surface area contributed by atoms with Gasteiger partial charge in [-0.15, -0.1) is 0 Å². The Bertz CT molecular complexity index is 1130. The third-order valence-electron chi connectivity index (χ3n) is 4.61. The van der Waals surface area contributed by atoms with Gasteiger partial charge >= 0.3 is 0 Å². The maximum absolute atomic E-state index is 14.3. The predicted octanol–water partition coefficient (Wildman–Crippen LogP) is 3.38. The SMILES string of the molecule is CC.Cc1ccc(Nc2cc(=O)n(C)c3c2c(=O)c(CCCO)cn3C)c(F)c1. The van der Waals surface area contributed by atoms with Crippen LogP contribution in [0.1, 0.15) is 31.4 Å². The van der Waals surface area contributed by atoms with Crippen LogP contribution in [0.25, 0.3) is 11.0 Å². The molecule has 0 aliphatic heterocycles. The third-order valence-corrected chi connectivity index (χ3v) is 4.61. The molecule has 0 saturated heterocycles. The fraction of sp³-hybridized carbons (Fsp3) is 0.364. The normalized spacial score (nSPS) is 10.6. The molecule has 1 aromatic carbocycles. The Labute approximate surface area is 169 Å². The van der Waals surface area contributed by atoms with Crippen molar-refractivity contribution < 1.29 is 9.50 Å². The molecule has 0 aliphatic carbocycles. The zero-order valence-electron chi connectivity index (χ0n) is 17.5. The molecule has 0 radical (unpaired) electrons. The second kappa shape index (κ2) is 9.52. The molecule has 0 spiro atoms. The first-order valence-corrected chi connectivity index (χ1v) is 9.69. The number of pyridine rings is 2. The Balaban J connectivity index is 0.00000145. The summed E-state index contributed by atoms with van der Waals surface area (Å²) < 4.78 is 17.4. The number of aliphatic hydroxyl groups excluding tert-OH is 1. The smallest absolute Gasteiger partial charge is 0.253 e. The number of benzene rings is 1. The minimum atomic E-state index is -0.461. The highest BCUT2D eigenvalue weighted by Crippen LogP contribution is 2.25. The van der Waals surface area contributed by atoms with Crippen molar-refractivity contribution in [3.63, 3.8) is 0 Å². The van der Waals surface area contributed by atoms with E-state index in [2.05, 4.69) is 5.32 Å².